The maximum atomic E-state index is 14.3. The Labute approximate surface area is 210 Å². The molecule has 2 atom stereocenters. The maximum Gasteiger partial charge on any atom is 0.522 e. The quantitative estimate of drug-likeness (QED) is 0.403. The summed E-state index contributed by atoms with van der Waals surface area (Å²) < 4.78 is 55.7. The molecule has 2 amide bonds. The summed E-state index contributed by atoms with van der Waals surface area (Å²) in [6.45, 7) is 3.49. The standard InChI is InChI=1S/C24H25ClF4N4O3/c1-22(7-8-22)14-3-5-17(6-4-14)33(20(34)19(25)26)23(2,15-11-30-13-31-12-15)21(35)32-16-9-18(10-16)36-24(27,28)29/h3-6,11-13,16,18-19H,7-10H2,1-2H3,(H,32,35)/t16?,18?,19-,23-/m0/s1. The van der Waals surface area contributed by atoms with Gasteiger partial charge in [-0.25, -0.2) is 14.4 Å². The van der Waals surface area contributed by atoms with Crippen molar-refractivity contribution in [3.05, 3.63) is 54.1 Å². The zero-order valence-corrected chi connectivity index (χ0v) is 20.3. The molecule has 0 unspecified atom stereocenters. The van der Waals surface area contributed by atoms with Crippen LogP contribution in [0.3, 0.4) is 0 Å². The molecular formula is C24H25ClF4N4O3. The Bertz CT molecular complexity index is 1110. The number of amides is 2. The van der Waals surface area contributed by atoms with Crippen molar-refractivity contribution in [3.63, 3.8) is 0 Å². The largest absolute Gasteiger partial charge is 0.522 e. The second kappa shape index (κ2) is 9.59. The normalized spacial score (nSPS) is 23.1. The van der Waals surface area contributed by atoms with E-state index in [1.807, 2.05) is 12.1 Å². The average Bonchev–Trinajstić information content (AvgIpc) is 3.56. The Kier molecular flexibility index (Phi) is 7.00. The van der Waals surface area contributed by atoms with E-state index in [-0.39, 0.29) is 29.5 Å². The molecule has 194 valence electrons. The van der Waals surface area contributed by atoms with Crippen LogP contribution in [0.1, 0.15) is 50.7 Å². The number of aromatic nitrogens is 2. The van der Waals surface area contributed by atoms with Crippen molar-refractivity contribution >= 4 is 29.1 Å². The average molecular weight is 529 g/mol. The Morgan fingerprint density at radius 2 is 1.75 bits per heavy atom. The highest BCUT2D eigenvalue weighted by molar-refractivity contribution is 6.32. The third-order valence-electron chi connectivity index (χ3n) is 6.97. The van der Waals surface area contributed by atoms with Crippen molar-refractivity contribution < 1.29 is 31.9 Å². The van der Waals surface area contributed by atoms with E-state index in [1.54, 1.807) is 12.1 Å². The summed E-state index contributed by atoms with van der Waals surface area (Å²) in [6, 6.07) is 6.22. The van der Waals surface area contributed by atoms with Gasteiger partial charge in [-0.3, -0.25) is 19.2 Å². The molecule has 4 rings (SSSR count). The number of nitrogens with zero attached hydrogens (tertiary/aromatic N) is 3. The predicted molar refractivity (Wildman–Crippen MR) is 123 cm³/mol. The molecule has 2 aliphatic carbocycles. The highest BCUT2D eigenvalue weighted by atomic mass is 35.5. The second-order valence-corrected chi connectivity index (χ2v) is 9.99. The van der Waals surface area contributed by atoms with Crippen LogP contribution in [0.2, 0.25) is 0 Å². The fourth-order valence-corrected chi connectivity index (χ4v) is 4.50. The van der Waals surface area contributed by atoms with Gasteiger partial charge in [-0.2, -0.15) is 0 Å². The van der Waals surface area contributed by atoms with Gasteiger partial charge in [-0.05, 0) is 55.7 Å². The van der Waals surface area contributed by atoms with Gasteiger partial charge in [0.25, 0.3) is 17.4 Å². The third-order valence-corrected chi connectivity index (χ3v) is 7.16. The summed E-state index contributed by atoms with van der Waals surface area (Å²) >= 11 is 5.57. The summed E-state index contributed by atoms with van der Waals surface area (Å²) in [7, 11) is 0. The van der Waals surface area contributed by atoms with Gasteiger partial charge in [0.05, 0.1) is 6.10 Å². The van der Waals surface area contributed by atoms with Gasteiger partial charge in [-0.15, -0.1) is 13.2 Å². The van der Waals surface area contributed by atoms with Crippen molar-refractivity contribution in [3.8, 4) is 0 Å². The van der Waals surface area contributed by atoms with Crippen LogP contribution >= 0.6 is 11.6 Å². The molecule has 2 fully saturated rings. The van der Waals surface area contributed by atoms with Gasteiger partial charge < -0.3 is 5.32 Å². The van der Waals surface area contributed by atoms with Crippen molar-refractivity contribution in [2.45, 2.75) is 74.6 Å². The fraction of sp³-hybridized carbons (Fsp3) is 0.500. The molecule has 1 heterocycles. The molecule has 12 heteroatoms. The minimum Gasteiger partial charge on any atom is -0.351 e. The highest BCUT2D eigenvalue weighted by Gasteiger charge is 2.49. The molecule has 1 aromatic heterocycles. The van der Waals surface area contributed by atoms with Crippen LogP contribution in [0.15, 0.2) is 43.0 Å². The fourth-order valence-electron chi connectivity index (χ4n) is 4.40. The number of carbonyl (C=O) groups excluding carboxylic acids is 2. The van der Waals surface area contributed by atoms with Crippen LogP contribution in [-0.4, -0.2) is 45.9 Å². The number of ether oxygens (including phenoxy) is 1. The number of rotatable bonds is 8. The molecule has 2 aromatic rings. The number of hydrogen-bond donors (Lipinski definition) is 1. The highest BCUT2D eigenvalue weighted by Crippen LogP contribution is 2.48. The molecule has 1 N–H and O–H groups in total. The lowest BCUT2D eigenvalue weighted by atomic mass is 9.85. The van der Waals surface area contributed by atoms with Gasteiger partial charge in [-0.1, -0.05) is 30.7 Å². The molecule has 0 bridgehead atoms. The molecule has 2 aliphatic rings. The molecule has 0 radical (unpaired) electrons. The molecule has 0 aliphatic heterocycles. The Balaban J connectivity index is 1.67. The number of carbonyl (C=O) groups is 2. The van der Waals surface area contributed by atoms with E-state index in [1.165, 1.54) is 25.6 Å². The van der Waals surface area contributed by atoms with Crippen molar-refractivity contribution in [1.82, 2.24) is 15.3 Å². The van der Waals surface area contributed by atoms with Gasteiger partial charge in [0.2, 0.25) is 0 Å². The number of nitrogens with one attached hydrogen (secondary N) is 1. The van der Waals surface area contributed by atoms with Crippen molar-refractivity contribution in [2.75, 3.05) is 4.90 Å². The number of hydrogen-bond acceptors (Lipinski definition) is 5. The zero-order valence-electron chi connectivity index (χ0n) is 19.6. The SMILES string of the molecule is CC1(c2ccc(N(C(=O)[C@H](F)Cl)[C@](C)(C(=O)NC3CC(OC(F)(F)F)C3)c3cncnc3)cc2)CC1. The summed E-state index contributed by atoms with van der Waals surface area (Å²) in [5, 5.41) is 2.66. The van der Waals surface area contributed by atoms with Gasteiger partial charge in [0.15, 0.2) is 5.54 Å². The van der Waals surface area contributed by atoms with Crippen LogP contribution in [0.4, 0.5) is 23.2 Å². The molecule has 0 spiro atoms. The molecule has 2 saturated carbocycles. The number of benzene rings is 1. The van der Waals surface area contributed by atoms with E-state index in [0.717, 1.165) is 23.3 Å². The second-order valence-electron chi connectivity index (χ2n) is 9.61. The van der Waals surface area contributed by atoms with Gasteiger partial charge in [0.1, 0.15) is 6.33 Å². The smallest absolute Gasteiger partial charge is 0.351 e. The maximum absolute atomic E-state index is 14.3. The predicted octanol–water partition coefficient (Wildman–Crippen LogP) is 4.49. The Morgan fingerprint density at radius 1 is 1.17 bits per heavy atom. The van der Waals surface area contributed by atoms with E-state index < -0.39 is 41.5 Å². The molecule has 0 saturated heterocycles. The number of halogens is 5. The van der Waals surface area contributed by atoms with Gasteiger partial charge in [0, 0.05) is 29.7 Å². The Morgan fingerprint density at radius 3 is 2.25 bits per heavy atom. The van der Waals surface area contributed by atoms with E-state index in [4.69, 9.17) is 11.6 Å². The van der Waals surface area contributed by atoms with Gasteiger partial charge >= 0.3 is 6.36 Å². The molecular weight excluding hydrogens is 504 g/mol. The first-order valence-corrected chi connectivity index (χ1v) is 11.8. The van der Waals surface area contributed by atoms with E-state index in [2.05, 4.69) is 26.9 Å². The molecule has 7 nitrogen and oxygen atoms in total. The van der Waals surface area contributed by atoms with E-state index >= 15 is 0 Å². The van der Waals surface area contributed by atoms with Crippen molar-refractivity contribution in [2.24, 2.45) is 0 Å². The minimum atomic E-state index is -4.78. The zero-order chi connectivity index (χ0) is 26.3. The summed E-state index contributed by atoms with van der Waals surface area (Å²) in [4.78, 5) is 35.6. The third kappa shape index (κ3) is 5.31. The first kappa shape index (κ1) is 26.3. The first-order valence-electron chi connectivity index (χ1n) is 11.4. The summed E-state index contributed by atoms with van der Waals surface area (Å²) in [5.74, 6) is -1.94. The van der Waals surface area contributed by atoms with Crippen LogP contribution < -0.4 is 10.2 Å². The van der Waals surface area contributed by atoms with E-state index in [9.17, 15) is 27.2 Å². The summed E-state index contributed by atoms with van der Waals surface area (Å²) in [5.41, 5.74) is -2.89. The monoisotopic (exact) mass is 528 g/mol. The van der Waals surface area contributed by atoms with Crippen LogP contribution in [0.5, 0.6) is 0 Å². The van der Waals surface area contributed by atoms with E-state index in [0.29, 0.717) is 0 Å². The van der Waals surface area contributed by atoms with Crippen LogP contribution in [-0.2, 0) is 25.3 Å². The lowest BCUT2D eigenvalue weighted by Crippen LogP contribution is -2.61. The van der Waals surface area contributed by atoms with Crippen LogP contribution in [0.25, 0.3) is 0 Å². The molecule has 36 heavy (non-hydrogen) atoms. The topological polar surface area (TPSA) is 84.4 Å². The van der Waals surface area contributed by atoms with Crippen LogP contribution in [0, 0.1) is 0 Å². The molecule has 1 aromatic carbocycles. The Hall–Kier alpha value is -2.79. The van der Waals surface area contributed by atoms with Crippen molar-refractivity contribution in [1.29, 1.82) is 0 Å². The first-order chi connectivity index (χ1) is 16.8. The minimum absolute atomic E-state index is 0.0374. The number of anilines is 1. The number of alkyl halides is 5. The lowest BCUT2D eigenvalue weighted by Gasteiger charge is -2.43. The summed E-state index contributed by atoms with van der Waals surface area (Å²) in [6.07, 6.45) is -0.133. The lowest BCUT2D eigenvalue weighted by molar-refractivity contribution is -0.351.